The highest BCUT2D eigenvalue weighted by Gasteiger charge is 2.34. The highest BCUT2D eigenvalue weighted by molar-refractivity contribution is 5.98. The molecule has 2 heterocycles. The molecule has 0 bridgehead atoms. The summed E-state index contributed by atoms with van der Waals surface area (Å²) in [4.78, 5) is 83.9. The number of hydrogen-bond acceptors (Lipinski definition) is 10. The maximum atomic E-state index is 13.1. The standard InChI is InChI=1S/C23H36N8O9/c1-10(2)17-23(40)30-16(8-34)22(39)29-15(7-33)21(38)28-14(6-32)20(37)27-13(4-12-5-24-9-25-12)19(36)26-11(3)18(35)31-17/h5,9-11,13-17,32-34H,4,6-8H2,1-3H3,(H,24,25)(H,26,36)(H,27,37)(H,28,38)(H,29,39)(H,30,40)(H,31,35)/t11-,13-,14-,15-,16-,17-/m0/s1. The molecular weight excluding hydrogens is 532 g/mol. The fourth-order valence-corrected chi connectivity index (χ4v) is 3.68. The number of aliphatic hydroxyl groups is 3. The summed E-state index contributed by atoms with van der Waals surface area (Å²) in [5.41, 5.74) is 0.447. The van der Waals surface area contributed by atoms with Crippen LogP contribution < -0.4 is 31.9 Å². The van der Waals surface area contributed by atoms with E-state index in [1.807, 2.05) is 0 Å². The average Bonchev–Trinajstić information content (AvgIpc) is 3.43. The molecule has 0 aromatic carbocycles. The van der Waals surface area contributed by atoms with Crippen LogP contribution in [-0.2, 0) is 35.2 Å². The summed E-state index contributed by atoms with van der Waals surface area (Å²) >= 11 is 0. The molecule has 0 spiro atoms. The van der Waals surface area contributed by atoms with E-state index < -0.39 is 97.4 Å². The molecule has 17 nitrogen and oxygen atoms in total. The SMILES string of the molecule is CC(C)[C@@H]1NC(=O)[C@H](C)NC(=O)[C@H](Cc2cnc[nH]2)NC(=O)[C@H](CO)NC(=O)[C@H](CO)NC(=O)[C@H](CO)NC1=O. The maximum Gasteiger partial charge on any atom is 0.245 e. The van der Waals surface area contributed by atoms with Gasteiger partial charge in [-0.05, 0) is 12.8 Å². The lowest BCUT2D eigenvalue weighted by atomic mass is 10.0. The van der Waals surface area contributed by atoms with Crippen LogP contribution in [0.25, 0.3) is 0 Å². The zero-order chi connectivity index (χ0) is 30.0. The number of nitrogens with one attached hydrogen (secondary N) is 7. The second kappa shape index (κ2) is 14.9. The minimum atomic E-state index is -1.63. The molecular formula is C23H36N8O9. The van der Waals surface area contributed by atoms with E-state index in [1.54, 1.807) is 13.8 Å². The van der Waals surface area contributed by atoms with Gasteiger partial charge >= 0.3 is 0 Å². The van der Waals surface area contributed by atoms with Crippen LogP contribution in [0.15, 0.2) is 12.5 Å². The smallest absolute Gasteiger partial charge is 0.245 e. The van der Waals surface area contributed by atoms with Gasteiger partial charge in [0.2, 0.25) is 35.4 Å². The molecule has 2 rings (SSSR count). The Hall–Kier alpha value is -4.09. The van der Waals surface area contributed by atoms with Crippen LogP contribution in [0.2, 0.25) is 0 Å². The zero-order valence-electron chi connectivity index (χ0n) is 22.3. The third-order valence-electron chi connectivity index (χ3n) is 6.06. The predicted octanol–water partition coefficient (Wildman–Crippen LogP) is -5.47. The molecule has 0 radical (unpaired) electrons. The molecule has 0 saturated carbocycles. The van der Waals surface area contributed by atoms with E-state index in [2.05, 4.69) is 41.9 Å². The van der Waals surface area contributed by atoms with Gasteiger partial charge in [0.1, 0.15) is 36.3 Å². The van der Waals surface area contributed by atoms with Gasteiger partial charge in [-0.1, -0.05) is 13.8 Å². The van der Waals surface area contributed by atoms with E-state index in [4.69, 9.17) is 0 Å². The average molecular weight is 569 g/mol. The normalized spacial score (nSPS) is 27.9. The lowest BCUT2D eigenvalue weighted by Crippen LogP contribution is -2.63. The first-order chi connectivity index (χ1) is 18.9. The molecule has 40 heavy (non-hydrogen) atoms. The van der Waals surface area contributed by atoms with E-state index >= 15 is 0 Å². The highest BCUT2D eigenvalue weighted by atomic mass is 16.3. The number of aliphatic hydroxyl groups excluding tert-OH is 3. The Balaban J connectivity index is 2.43. The molecule has 0 aliphatic carbocycles. The molecule has 6 amide bonds. The number of aromatic nitrogens is 2. The number of imidazole rings is 1. The van der Waals surface area contributed by atoms with Gasteiger partial charge in [0, 0.05) is 18.3 Å². The number of carbonyl (C=O) groups excluding carboxylic acids is 6. The molecule has 1 fully saturated rings. The molecule has 0 unspecified atom stereocenters. The number of carbonyl (C=O) groups is 6. The van der Waals surface area contributed by atoms with Crippen molar-refractivity contribution in [1.29, 1.82) is 0 Å². The number of hydrogen-bond donors (Lipinski definition) is 10. The van der Waals surface area contributed by atoms with Gasteiger partial charge in [0.25, 0.3) is 0 Å². The molecule has 1 saturated heterocycles. The fraction of sp³-hybridized carbons (Fsp3) is 0.609. The monoisotopic (exact) mass is 568 g/mol. The van der Waals surface area contributed by atoms with E-state index in [1.165, 1.54) is 19.4 Å². The van der Waals surface area contributed by atoms with Gasteiger partial charge < -0.3 is 52.2 Å². The van der Waals surface area contributed by atoms with Crippen LogP contribution in [0.3, 0.4) is 0 Å². The van der Waals surface area contributed by atoms with Gasteiger partial charge in [0.15, 0.2) is 0 Å². The summed E-state index contributed by atoms with van der Waals surface area (Å²) in [5, 5.41) is 43.0. The number of aromatic amines is 1. The van der Waals surface area contributed by atoms with Crippen molar-refractivity contribution in [3.05, 3.63) is 18.2 Å². The van der Waals surface area contributed by atoms with Gasteiger partial charge in [-0.2, -0.15) is 0 Å². The third-order valence-corrected chi connectivity index (χ3v) is 6.06. The van der Waals surface area contributed by atoms with Crippen LogP contribution in [-0.4, -0.2) is 117 Å². The van der Waals surface area contributed by atoms with Crippen molar-refractivity contribution in [2.24, 2.45) is 5.92 Å². The predicted molar refractivity (Wildman–Crippen MR) is 136 cm³/mol. The Bertz CT molecular complexity index is 1060. The number of amides is 6. The van der Waals surface area contributed by atoms with Gasteiger partial charge in [-0.3, -0.25) is 28.8 Å². The van der Waals surface area contributed by atoms with Gasteiger partial charge in [-0.25, -0.2) is 4.98 Å². The minimum absolute atomic E-state index is 0.104. The van der Waals surface area contributed by atoms with Gasteiger partial charge in [0.05, 0.1) is 26.1 Å². The van der Waals surface area contributed by atoms with E-state index in [0.717, 1.165) is 0 Å². The molecule has 1 aliphatic heterocycles. The Kier molecular flexibility index (Phi) is 12.0. The van der Waals surface area contributed by atoms with Crippen LogP contribution in [0.1, 0.15) is 26.5 Å². The zero-order valence-corrected chi connectivity index (χ0v) is 22.3. The quantitative estimate of drug-likeness (QED) is 0.156. The number of H-pyrrole nitrogens is 1. The van der Waals surface area contributed by atoms with Crippen molar-refractivity contribution in [2.45, 2.75) is 63.4 Å². The van der Waals surface area contributed by atoms with Crippen molar-refractivity contribution in [1.82, 2.24) is 41.9 Å². The first-order valence-corrected chi connectivity index (χ1v) is 12.5. The van der Waals surface area contributed by atoms with Gasteiger partial charge in [-0.15, -0.1) is 0 Å². The summed E-state index contributed by atoms with van der Waals surface area (Å²) < 4.78 is 0. The highest BCUT2D eigenvalue weighted by Crippen LogP contribution is 2.05. The Labute approximate surface area is 229 Å². The second-order valence-electron chi connectivity index (χ2n) is 9.53. The van der Waals surface area contributed by atoms with Crippen molar-refractivity contribution in [2.75, 3.05) is 19.8 Å². The van der Waals surface area contributed by atoms with Crippen molar-refractivity contribution >= 4 is 35.4 Å². The molecule has 10 N–H and O–H groups in total. The summed E-state index contributed by atoms with van der Waals surface area (Å²) in [6.45, 7) is 1.86. The lowest BCUT2D eigenvalue weighted by Gasteiger charge is -2.28. The summed E-state index contributed by atoms with van der Waals surface area (Å²) in [6, 6.07) is -8.47. The first kappa shape index (κ1) is 32.1. The van der Waals surface area contributed by atoms with Crippen molar-refractivity contribution < 1.29 is 44.1 Å². The molecule has 1 aromatic rings. The second-order valence-corrected chi connectivity index (χ2v) is 9.53. The molecule has 1 aliphatic rings. The minimum Gasteiger partial charge on any atom is -0.394 e. The first-order valence-electron chi connectivity index (χ1n) is 12.5. The van der Waals surface area contributed by atoms with Crippen molar-refractivity contribution in [3.63, 3.8) is 0 Å². The van der Waals surface area contributed by atoms with Crippen LogP contribution in [0, 0.1) is 5.92 Å². The molecule has 6 atom stereocenters. The largest absolute Gasteiger partial charge is 0.394 e. The molecule has 17 heteroatoms. The third kappa shape index (κ3) is 8.72. The lowest BCUT2D eigenvalue weighted by molar-refractivity contribution is -0.138. The molecule has 222 valence electrons. The van der Waals surface area contributed by atoms with Crippen LogP contribution in [0.5, 0.6) is 0 Å². The number of rotatable bonds is 6. The summed E-state index contributed by atoms with van der Waals surface area (Å²) in [5.74, 6) is -5.93. The maximum absolute atomic E-state index is 13.1. The van der Waals surface area contributed by atoms with E-state index in [-0.39, 0.29) is 6.42 Å². The van der Waals surface area contributed by atoms with Crippen molar-refractivity contribution in [3.8, 4) is 0 Å². The summed E-state index contributed by atoms with van der Waals surface area (Å²) in [6.07, 6.45) is 2.66. The molecule has 1 aromatic heterocycles. The summed E-state index contributed by atoms with van der Waals surface area (Å²) in [7, 11) is 0. The van der Waals surface area contributed by atoms with E-state index in [9.17, 15) is 44.1 Å². The fourth-order valence-electron chi connectivity index (χ4n) is 3.68. The Morgan fingerprint density at radius 1 is 0.675 bits per heavy atom. The number of nitrogens with zero attached hydrogens (tertiary/aromatic N) is 1. The Morgan fingerprint density at radius 3 is 1.55 bits per heavy atom. The van der Waals surface area contributed by atoms with E-state index in [0.29, 0.717) is 5.69 Å². The van der Waals surface area contributed by atoms with Crippen LogP contribution in [0.4, 0.5) is 0 Å². The topological polar surface area (TPSA) is 264 Å². The Morgan fingerprint density at radius 2 is 1.12 bits per heavy atom. The van der Waals surface area contributed by atoms with Crippen LogP contribution >= 0.6 is 0 Å².